The van der Waals surface area contributed by atoms with E-state index >= 15 is 0 Å². The molecule has 0 atom stereocenters. The second kappa shape index (κ2) is 14.3. The number of rotatable bonds is 15. The Morgan fingerprint density at radius 3 is 2.22 bits per heavy atom. The molecule has 0 spiro atoms. The number of hydrogen-bond acceptors (Lipinski definition) is 8. The molecule has 4 aromatic rings. The number of ether oxygens (including phenoxy) is 4. The Balaban J connectivity index is 1.32. The van der Waals surface area contributed by atoms with Crippen LogP contribution in [0, 0.1) is 0 Å². The van der Waals surface area contributed by atoms with Gasteiger partial charge in [0.2, 0.25) is 0 Å². The Morgan fingerprint density at radius 2 is 1.51 bits per heavy atom. The van der Waals surface area contributed by atoms with Gasteiger partial charge in [-0.25, -0.2) is 0 Å². The van der Waals surface area contributed by atoms with Crippen LogP contribution in [0.4, 0.5) is 0 Å². The molecule has 12 heteroatoms. The molecule has 37 heavy (non-hydrogen) atoms. The molecule has 0 amide bonds. The summed E-state index contributed by atoms with van der Waals surface area (Å²) in [5, 5.41) is 20.3. The van der Waals surface area contributed by atoms with E-state index in [2.05, 4.69) is 55.6 Å². The van der Waals surface area contributed by atoms with E-state index in [1.165, 1.54) is 0 Å². The SMILES string of the molecule is COCCOCCOc1ccc(OCCn2nnc(-c3cccc(-c4n[nH]nc4[Se]C)c3)c2[Se]C)cc1. The van der Waals surface area contributed by atoms with Crippen molar-refractivity contribution in [1.29, 1.82) is 0 Å². The van der Waals surface area contributed by atoms with Crippen molar-refractivity contribution in [1.82, 2.24) is 30.4 Å². The van der Waals surface area contributed by atoms with Crippen molar-refractivity contribution in [3.8, 4) is 34.0 Å². The van der Waals surface area contributed by atoms with Gasteiger partial charge in [-0.15, -0.1) is 0 Å². The average molecular weight is 636 g/mol. The maximum atomic E-state index is 5.95. The fourth-order valence-corrected chi connectivity index (χ4v) is 6.02. The van der Waals surface area contributed by atoms with Crippen molar-refractivity contribution in [2.45, 2.75) is 18.2 Å². The predicted octanol–water partition coefficient (Wildman–Crippen LogP) is 1.61. The molecule has 0 unspecified atom stereocenters. The molecule has 2 aromatic heterocycles. The van der Waals surface area contributed by atoms with Gasteiger partial charge in [0.25, 0.3) is 0 Å². The zero-order valence-corrected chi connectivity index (χ0v) is 24.5. The van der Waals surface area contributed by atoms with Gasteiger partial charge in [0.1, 0.15) is 0 Å². The van der Waals surface area contributed by atoms with Gasteiger partial charge >= 0.3 is 200 Å². The third kappa shape index (κ3) is 7.41. The summed E-state index contributed by atoms with van der Waals surface area (Å²) in [7, 11) is 1.65. The molecule has 0 aliphatic heterocycles. The fourth-order valence-electron chi connectivity index (χ4n) is 3.54. The van der Waals surface area contributed by atoms with E-state index in [0.717, 1.165) is 43.2 Å². The number of methoxy groups -OCH3 is 1. The summed E-state index contributed by atoms with van der Waals surface area (Å²) < 4.78 is 26.1. The van der Waals surface area contributed by atoms with Crippen LogP contribution in [-0.2, 0) is 16.0 Å². The molecule has 10 nitrogen and oxygen atoms in total. The molecule has 0 fully saturated rings. The number of nitrogens with one attached hydrogen (secondary N) is 1. The number of nitrogens with zero attached hydrogens (tertiary/aromatic N) is 5. The predicted molar refractivity (Wildman–Crippen MR) is 143 cm³/mol. The topological polar surface area (TPSA) is 109 Å². The molecule has 0 bridgehead atoms. The molecule has 0 aliphatic rings. The van der Waals surface area contributed by atoms with E-state index in [1.807, 2.05) is 35.0 Å². The van der Waals surface area contributed by atoms with Gasteiger partial charge in [0, 0.05) is 7.11 Å². The normalized spacial score (nSPS) is 11.1. The Labute approximate surface area is 228 Å². The van der Waals surface area contributed by atoms with Crippen molar-refractivity contribution in [2.75, 3.05) is 40.1 Å². The number of aromatic amines is 1. The molecule has 1 N–H and O–H groups in total. The number of H-pyrrole nitrogens is 1. The summed E-state index contributed by atoms with van der Waals surface area (Å²) in [4.78, 5) is 0. The second-order valence-corrected chi connectivity index (χ2v) is 11.0. The minimum absolute atomic E-state index is 0.201. The quantitative estimate of drug-likeness (QED) is 0.155. The molecule has 0 aliphatic carbocycles. The summed E-state index contributed by atoms with van der Waals surface area (Å²) in [6.45, 7) is 3.26. The number of aromatic nitrogens is 6. The third-order valence-corrected chi connectivity index (χ3v) is 8.39. The fraction of sp³-hybridized carbons (Fsp3) is 0.360. The first kappa shape index (κ1) is 27.3. The van der Waals surface area contributed by atoms with Crippen LogP contribution in [0.5, 0.6) is 11.5 Å². The molecule has 0 saturated heterocycles. The van der Waals surface area contributed by atoms with Gasteiger partial charge in [0.05, 0.1) is 13.2 Å². The van der Waals surface area contributed by atoms with Crippen molar-refractivity contribution >= 4 is 39.1 Å². The van der Waals surface area contributed by atoms with E-state index in [1.54, 1.807) is 7.11 Å². The first-order valence-corrected chi connectivity index (χ1v) is 16.8. The number of benzene rings is 2. The Morgan fingerprint density at radius 1 is 0.811 bits per heavy atom. The summed E-state index contributed by atoms with van der Waals surface area (Å²) in [5.41, 5.74) is 3.87. The van der Waals surface area contributed by atoms with Crippen LogP contribution >= 0.6 is 0 Å². The van der Waals surface area contributed by atoms with Crippen molar-refractivity contribution in [3.63, 3.8) is 0 Å². The molecular formula is C25H30N6O4Se2. The Bertz CT molecular complexity index is 1250. The van der Waals surface area contributed by atoms with E-state index in [9.17, 15) is 0 Å². The van der Waals surface area contributed by atoms with Gasteiger partial charge in [-0.05, 0) is 0 Å². The second-order valence-electron chi connectivity index (χ2n) is 7.71. The molecule has 2 aromatic carbocycles. The van der Waals surface area contributed by atoms with Gasteiger partial charge in [0.15, 0.2) is 0 Å². The van der Waals surface area contributed by atoms with Gasteiger partial charge in [-0.1, -0.05) is 0 Å². The van der Waals surface area contributed by atoms with E-state index in [4.69, 9.17) is 18.9 Å². The number of hydrogen-bond donors (Lipinski definition) is 1. The summed E-state index contributed by atoms with van der Waals surface area (Å²) in [5.74, 6) is 5.86. The van der Waals surface area contributed by atoms with E-state index in [0.29, 0.717) is 39.6 Å². The Hall–Kier alpha value is -2.72. The van der Waals surface area contributed by atoms with Gasteiger partial charge < -0.3 is 9.47 Å². The monoisotopic (exact) mass is 638 g/mol. The standard InChI is InChI=1S/C25H30N6O4Se2/c1-32-13-14-33-15-16-35-21-9-7-20(8-10-21)34-12-11-31-25(37-3)23(27-30-31)19-6-4-5-18(17-19)22-24(36-2)28-29-26-22/h4-10,17H,11-16H2,1-3H3,(H,26,28,29). The van der Waals surface area contributed by atoms with Crippen LogP contribution < -0.4 is 18.7 Å². The summed E-state index contributed by atoms with van der Waals surface area (Å²) in [6.07, 6.45) is 0. The third-order valence-electron chi connectivity index (χ3n) is 5.33. The molecular weight excluding hydrogens is 606 g/mol. The van der Waals surface area contributed by atoms with Crippen LogP contribution in [0.25, 0.3) is 22.5 Å². The molecule has 2 heterocycles. The maximum absolute atomic E-state index is 5.95. The molecule has 196 valence electrons. The minimum atomic E-state index is 0.201. The summed E-state index contributed by atoms with van der Waals surface area (Å²) in [6, 6.07) is 15.9. The zero-order chi connectivity index (χ0) is 25.9. The van der Waals surface area contributed by atoms with E-state index < -0.39 is 0 Å². The van der Waals surface area contributed by atoms with Crippen molar-refractivity contribution in [2.24, 2.45) is 0 Å². The van der Waals surface area contributed by atoms with Crippen molar-refractivity contribution < 1.29 is 18.9 Å². The Kier molecular flexibility index (Phi) is 10.5. The molecule has 0 saturated carbocycles. The first-order valence-electron chi connectivity index (χ1n) is 11.7. The zero-order valence-electron chi connectivity index (χ0n) is 21.0. The van der Waals surface area contributed by atoms with E-state index in [-0.39, 0.29) is 29.9 Å². The van der Waals surface area contributed by atoms with Crippen LogP contribution in [0.15, 0.2) is 48.5 Å². The molecule has 4 rings (SSSR count). The van der Waals surface area contributed by atoms with Crippen LogP contribution in [-0.4, -0.2) is 100 Å². The summed E-state index contributed by atoms with van der Waals surface area (Å²) >= 11 is 0.457. The molecule has 0 radical (unpaired) electrons. The van der Waals surface area contributed by atoms with Crippen LogP contribution in [0.2, 0.25) is 11.6 Å². The average Bonchev–Trinajstić information content (AvgIpc) is 3.58. The van der Waals surface area contributed by atoms with Crippen LogP contribution in [0.1, 0.15) is 0 Å². The van der Waals surface area contributed by atoms with Gasteiger partial charge in [-0.3, -0.25) is 0 Å². The first-order chi connectivity index (χ1) is 18.2. The van der Waals surface area contributed by atoms with Crippen molar-refractivity contribution in [3.05, 3.63) is 48.5 Å². The van der Waals surface area contributed by atoms with Gasteiger partial charge in [-0.2, -0.15) is 0 Å². The van der Waals surface area contributed by atoms with Crippen LogP contribution in [0.3, 0.4) is 0 Å².